The molecule has 0 bridgehead atoms. The van der Waals surface area contributed by atoms with Crippen molar-refractivity contribution in [2.24, 2.45) is 5.73 Å². The third kappa shape index (κ3) is 3.94. The molecule has 20 heavy (non-hydrogen) atoms. The lowest BCUT2D eigenvalue weighted by Crippen LogP contribution is -2.17. The number of hydrogen-bond acceptors (Lipinski definition) is 3. The number of nitrogens with two attached hydrogens (primary N) is 1. The van der Waals surface area contributed by atoms with Crippen LogP contribution in [-0.2, 0) is 0 Å². The second-order valence-corrected chi connectivity index (χ2v) is 4.79. The van der Waals surface area contributed by atoms with Gasteiger partial charge in [-0.25, -0.2) is 4.98 Å². The Morgan fingerprint density at radius 1 is 1.10 bits per heavy atom. The normalized spacial score (nSPS) is 13.1. The van der Waals surface area contributed by atoms with Crippen molar-refractivity contribution in [2.75, 3.05) is 0 Å². The fourth-order valence-electron chi connectivity index (χ4n) is 1.64. The summed E-state index contributed by atoms with van der Waals surface area (Å²) in [7, 11) is 0. The molecule has 2 aromatic rings. The highest BCUT2D eigenvalue weighted by atomic mass is 79.9. The van der Waals surface area contributed by atoms with Crippen molar-refractivity contribution in [3.8, 4) is 5.75 Å². The Morgan fingerprint density at radius 3 is 2.30 bits per heavy atom. The number of nitrogens with zero attached hydrogens (tertiary/aromatic N) is 1. The van der Waals surface area contributed by atoms with Gasteiger partial charge in [-0.15, -0.1) is 13.2 Å². The van der Waals surface area contributed by atoms with Gasteiger partial charge in [0.1, 0.15) is 10.4 Å². The van der Waals surface area contributed by atoms with Crippen LogP contribution in [0.2, 0.25) is 0 Å². The van der Waals surface area contributed by atoms with Gasteiger partial charge in [0.2, 0.25) is 0 Å². The zero-order valence-electron chi connectivity index (χ0n) is 10.1. The van der Waals surface area contributed by atoms with E-state index >= 15 is 0 Å². The van der Waals surface area contributed by atoms with Gasteiger partial charge in [0, 0.05) is 0 Å². The largest absolute Gasteiger partial charge is 0.573 e. The minimum absolute atomic E-state index is 0.282. The van der Waals surface area contributed by atoms with Gasteiger partial charge >= 0.3 is 6.36 Å². The number of pyridine rings is 1. The minimum atomic E-state index is -4.70. The first-order chi connectivity index (χ1) is 9.35. The summed E-state index contributed by atoms with van der Waals surface area (Å²) in [5, 5.41) is 0. The molecule has 0 fully saturated rings. The average Bonchev–Trinajstić information content (AvgIpc) is 2.37. The van der Waals surface area contributed by atoms with Crippen molar-refractivity contribution in [2.45, 2.75) is 12.4 Å². The number of halogens is 4. The van der Waals surface area contributed by atoms with Crippen LogP contribution in [0, 0.1) is 0 Å². The second kappa shape index (κ2) is 5.80. The Hall–Kier alpha value is -1.60. The van der Waals surface area contributed by atoms with Gasteiger partial charge in [-0.1, -0.05) is 18.2 Å². The van der Waals surface area contributed by atoms with Crippen LogP contribution in [0.15, 0.2) is 47.1 Å². The number of rotatable bonds is 3. The van der Waals surface area contributed by atoms with E-state index in [0.29, 0.717) is 15.9 Å². The molecule has 0 spiro atoms. The quantitative estimate of drug-likeness (QED) is 0.860. The fourth-order valence-corrected chi connectivity index (χ4v) is 2.00. The Labute approximate surface area is 121 Å². The highest BCUT2D eigenvalue weighted by Crippen LogP contribution is 2.25. The third-order valence-electron chi connectivity index (χ3n) is 2.53. The Balaban J connectivity index is 2.17. The fraction of sp³-hybridized carbons (Fsp3) is 0.154. The van der Waals surface area contributed by atoms with Crippen molar-refractivity contribution in [1.29, 1.82) is 0 Å². The Bertz CT molecular complexity index is 587. The molecule has 106 valence electrons. The summed E-state index contributed by atoms with van der Waals surface area (Å²) in [5.41, 5.74) is 7.27. The molecule has 0 aliphatic carbocycles. The van der Waals surface area contributed by atoms with Crippen molar-refractivity contribution in [3.63, 3.8) is 0 Å². The van der Waals surface area contributed by atoms with Gasteiger partial charge < -0.3 is 10.5 Å². The molecule has 2 N–H and O–H groups in total. The van der Waals surface area contributed by atoms with Crippen LogP contribution < -0.4 is 10.5 Å². The van der Waals surface area contributed by atoms with Crippen LogP contribution in [0.5, 0.6) is 5.75 Å². The predicted molar refractivity (Wildman–Crippen MR) is 71.1 cm³/mol. The molecule has 0 amide bonds. The van der Waals surface area contributed by atoms with Gasteiger partial charge in [-0.2, -0.15) is 0 Å². The number of aromatic nitrogens is 1. The maximum Gasteiger partial charge on any atom is 0.573 e. The van der Waals surface area contributed by atoms with Crippen LogP contribution in [0.1, 0.15) is 17.3 Å². The van der Waals surface area contributed by atoms with E-state index in [1.807, 2.05) is 0 Å². The molecule has 1 atom stereocenters. The average molecular weight is 347 g/mol. The molecule has 3 nitrogen and oxygen atoms in total. The molecule has 7 heteroatoms. The van der Waals surface area contributed by atoms with E-state index in [4.69, 9.17) is 5.73 Å². The zero-order valence-corrected chi connectivity index (χ0v) is 11.6. The van der Waals surface area contributed by atoms with Crippen LogP contribution in [0.25, 0.3) is 0 Å². The van der Waals surface area contributed by atoms with Crippen LogP contribution >= 0.6 is 15.9 Å². The van der Waals surface area contributed by atoms with Gasteiger partial charge in [-0.3, -0.25) is 0 Å². The molecule has 0 aliphatic rings. The predicted octanol–water partition coefficient (Wildman–Crippen LogP) is 3.79. The highest BCUT2D eigenvalue weighted by Gasteiger charge is 2.31. The topological polar surface area (TPSA) is 48.1 Å². The molecular weight excluding hydrogens is 337 g/mol. The van der Waals surface area contributed by atoms with Crippen molar-refractivity contribution in [3.05, 3.63) is 58.3 Å². The standard InChI is InChI=1S/C13H10BrF3N2O/c14-11-3-1-2-10(19-11)12(18)8-4-6-9(7-5-8)20-13(15,16)17/h1-7,12H,18H2/t12-/m1/s1. The lowest BCUT2D eigenvalue weighted by molar-refractivity contribution is -0.274. The van der Waals surface area contributed by atoms with E-state index in [-0.39, 0.29) is 5.75 Å². The molecule has 0 saturated carbocycles. The molecule has 1 heterocycles. The van der Waals surface area contributed by atoms with E-state index in [0.717, 1.165) is 0 Å². The van der Waals surface area contributed by atoms with Crippen molar-refractivity contribution < 1.29 is 17.9 Å². The summed E-state index contributed by atoms with van der Waals surface area (Å²) in [6.07, 6.45) is -4.70. The van der Waals surface area contributed by atoms with Gasteiger partial charge in [0.05, 0.1) is 11.7 Å². The molecule has 1 aromatic carbocycles. The molecule has 1 aromatic heterocycles. The van der Waals surface area contributed by atoms with E-state index in [9.17, 15) is 13.2 Å². The number of hydrogen-bond donors (Lipinski definition) is 1. The van der Waals surface area contributed by atoms with Crippen molar-refractivity contribution in [1.82, 2.24) is 4.98 Å². The zero-order chi connectivity index (χ0) is 14.8. The molecule has 0 unspecified atom stereocenters. The maximum absolute atomic E-state index is 12.0. The van der Waals surface area contributed by atoms with E-state index < -0.39 is 12.4 Å². The Morgan fingerprint density at radius 2 is 1.75 bits per heavy atom. The van der Waals surface area contributed by atoms with E-state index in [1.54, 1.807) is 18.2 Å². The number of alkyl halides is 3. The molecule has 0 aliphatic heterocycles. The maximum atomic E-state index is 12.0. The molecule has 0 saturated heterocycles. The monoisotopic (exact) mass is 346 g/mol. The van der Waals surface area contributed by atoms with Gasteiger partial charge in [-0.05, 0) is 45.8 Å². The first-order valence-electron chi connectivity index (χ1n) is 5.59. The SMILES string of the molecule is N[C@H](c1ccc(OC(F)(F)F)cc1)c1cccc(Br)n1. The number of ether oxygens (including phenoxy) is 1. The molecule has 0 radical (unpaired) electrons. The summed E-state index contributed by atoms with van der Waals surface area (Å²) in [6, 6.07) is 10.2. The van der Waals surface area contributed by atoms with E-state index in [2.05, 4.69) is 25.7 Å². The van der Waals surface area contributed by atoms with Crippen LogP contribution in [0.4, 0.5) is 13.2 Å². The number of benzene rings is 1. The van der Waals surface area contributed by atoms with Crippen LogP contribution in [0.3, 0.4) is 0 Å². The van der Waals surface area contributed by atoms with Gasteiger partial charge in [0.25, 0.3) is 0 Å². The summed E-state index contributed by atoms with van der Waals surface area (Å²) in [5.74, 6) is -0.282. The smallest absolute Gasteiger partial charge is 0.406 e. The summed E-state index contributed by atoms with van der Waals surface area (Å²) < 4.78 is 40.6. The third-order valence-corrected chi connectivity index (χ3v) is 2.97. The first-order valence-corrected chi connectivity index (χ1v) is 6.38. The minimum Gasteiger partial charge on any atom is -0.406 e. The molecule has 2 rings (SSSR count). The molecular formula is C13H10BrF3N2O. The van der Waals surface area contributed by atoms with Gasteiger partial charge in [0.15, 0.2) is 0 Å². The van der Waals surface area contributed by atoms with Crippen molar-refractivity contribution >= 4 is 15.9 Å². The summed E-state index contributed by atoms with van der Waals surface area (Å²) >= 11 is 3.24. The van der Waals surface area contributed by atoms with Crippen LogP contribution in [-0.4, -0.2) is 11.3 Å². The summed E-state index contributed by atoms with van der Waals surface area (Å²) in [6.45, 7) is 0. The lowest BCUT2D eigenvalue weighted by atomic mass is 10.0. The summed E-state index contributed by atoms with van der Waals surface area (Å²) in [4.78, 5) is 4.21. The Kier molecular flexibility index (Phi) is 4.29. The highest BCUT2D eigenvalue weighted by molar-refractivity contribution is 9.10. The lowest BCUT2D eigenvalue weighted by Gasteiger charge is -2.13. The second-order valence-electron chi connectivity index (χ2n) is 3.98. The van der Waals surface area contributed by atoms with E-state index in [1.165, 1.54) is 24.3 Å². The first kappa shape index (κ1) is 14.8.